The van der Waals surface area contributed by atoms with E-state index in [0.29, 0.717) is 32.1 Å². The lowest BCUT2D eigenvalue weighted by Crippen LogP contribution is -2.10. The van der Waals surface area contributed by atoms with E-state index in [0.717, 1.165) is 24.8 Å². The van der Waals surface area contributed by atoms with Crippen molar-refractivity contribution in [3.8, 4) is 6.07 Å². The number of carbonyl (C=O) groups is 1. The van der Waals surface area contributed by atoms with Crippen molar-refractivity contribution in [1.29, 1.82) is 5.26 Å². The number of rotatable bonds is 3. The average molecular weight is 391 g/mol. The summed E-state index contributed by atoms with van der Waals surface area (Å²) in [4.78, 5) is 13.5. The Morgan fingerprint density at radius 3 is 2.96 bits per heavy atom. The SMILES string of the molecule is CC1CCc2c(sc(NC(=O)C=Cc3ccc(Cl)cc3Cl)c2C#N)C1. The molecule has 0 spiro atoms. The van der Waals surface area contributed by atoms with Crippen molar-refractivity contribution in [3.05, 3.63) is 55.9 Å². The standard InChI is InChI=1S/C19H16Cl2N2OS/c1-11-2-6-14-15(10-22)19(25-17(14)8-11)23-18(24)7-4-12-3-5-13(20)9-16(12)21/h3-5,7,9,11H,2,6,8H2,1H3,(H,23,24). The Morgan fingerprint density at radius 2 is 2.24 bits per heavy atom. The highest BCUT2D eigenvalue weighted by Crippen LogP contribution is 2.39. The van der Waals surface area contributed by atoms with Crippen molar-refractivity contribution in [1.82, 2.24) is 0 Å². The predicted octanol–water partition coefficient (Wildman–Crippen LogP) is 5.70. The molecule has 1 atom stereocenters. The number of nitriles is 1. The minimum Gasteiger partial charge on any atom is -0.313 e. The molecule has 0 fully saturated rings. The van der Waals surface area contributed by atoms with Gasteiger partial charge in [0, 0.05) is 21.0 Å². The molecule has 6 heteroatoms. The highest BCUT2D eigenvalue weighted by Gasteiger charge is 2.24. The van der Waals surface area contributed by atoms with E-state index in [1.165, 1.54) is 22.3 Å². The van der Waals surface area contributed by atoms with Gasteiger partial charge in [0.05, 0.1) is 5.56 Å². The summed E-state index contributed by atoms with van der Waals surface area (Å²) in [5.74, 6) is 0.336. The molecule has 0 radical (unpaired) electrons. The number of nitrogens with one attached hydrogen (secondary N) is 1. The van der Waals surface area contributed by atoms with Gasteiger partial charge >= 0.3 is 0 Å². The van der Waals surface area contributed by atoms with Gasteiger partial charge in [0.25, 0.3) is 0 Å². The van der Waals surface area contributed by atoms with Crippen molar-refractivity contribution < 1.29 is 4.79 Å². The molecule has 3 nitrogen and oxygen atoms in total. The Kier molecular flexibility index (Phi) is 5.48. The van der Waals surface area contributed by atoms with Crippen LogP contribution in [0.5, 0.6) is 0 Å². The summed E-state index contributed by atoms with van der Waals surface area (Å²) in [5, 5.41) is 14.0. The molecule has 1 N–H and O–H groups in total. The number of carbonyl (C=O) groups excluding carboxylic acids is 1. The Bertz CT molecular complexity index is 896. The van der Waals surface area contributed by atoms with Crippen LogP contribution in [0, 0.1) is 17.2 Å². The van der Waals surface area contributed by atoms with E-state index in [1.807, 2.05) is 0 Å². The first-order valence-electron chi connectivity index (χ1n) is 7.96. The van der Waals surface area contributed by atoms with Gasteiger partial charge < -0.3 is 5.32 Å². The molecular weight excluding hydrogens is 375 g/mol. The summed E-state index contributed by atoms with van der Waals surface area (Å²) < 4.78 is 0. The van der Waals surface area contributed by atoms with Gasteiger partial charge in [0.15, 0.2) is 0 Å². The van der Waals surface area contributed by atoms with Crippen LogP contribution in [0.4, 0.5) is 5.00 Å². The number of fused-ring (bicyclic) bond motifs is 1. The Labute approximate surface area is 160 Å². The van der Waals surface area contributed by atoms with Gasteiger partial charge in [0.2, 0.25) is 5.91 Å². The second-order valence-corrected chi connectivity index (χ2v) is 8.10. The van der Waals surface area contributed by atoms with Gasteiger partial charge in [-0.25, -0.2) is 0 Å². The van der Waals surface area contributed by atoms with E-state index in [4.69, 9.17) is 23.2 Å². The smallest absolute Gasteiger partial charge is 0.249 e. The number of halogens is 2. The average Bonchev–Trinajstić information content (AvgIpc) is 2.89. The quantitative estimate of drug-likeness (QED) is 0.682. The second-order valence-electron chi connectivity index (χ2n) is 6.16. The van der Waals surface area contributed by atoms with E-state index >= 15 is 0 Å². The molecule has 1 aliphatic carbocycles. The Morgan fingerprint density at radius 1 is 1.44 bits per heavy atom. The summed E-state index contributed by atoms with van der Waals surface area (Å²) in [6.45, 7) is 2.21. The van der Waals surface area contributed by atoms with Crippen molar-refractivity contribution in [3.63, 3.8) is 0 Å². The molecule has 1 heterocycles. The molecule has 0 aliphatic heterocycles. The maximum atomic E-state index is 12.2. The van der Waals surface area contributed by atoms with Gasteiger partial charge in [-0.2, -0.15) is 5.26 Å². The number of hydrogen-bond acceptors (Lipinski definition) is 3. The molecule has 25 heavy (non-hydrogen) atoms. The third-order valence-electron chi connectivity index (χ3n) is 4.24. The fraction of sp³-hybridized carbons (Fsp3) is 0.263. The van der Waals surface area contributed by atoms with Crippen LogP contribution in [0.15, 0.2) is 24.3 Å². The van der Waals surface area contributed by atoms with Crippen LogP contribution in [0.1, 0.15) is 34.9 Å². The van der Waals surface area contributed by atoms with Crippen LogP contribution in [-0.4, -0.2) is 5.91 Å². The molecule has 3 rings (SSSR count). The molecule has 1 aliphatic rings. The Balaban J connectivity index is 1.77. The lowest BCUT2D eigenvalue weighted by molar-refractivity contribution is -0.111. The van der Waals surface area contributed by atoms with Crippen LogP contribution in [0.25, 0.3) is 6.08 Å². The second kappa shape index (κ2) is 7.61. The first kappa shape index (κ1) is 18.0. The normalized spacial score (nSPS) is 16.5. The van der Waals surface area contributed by atoms with Crippen molar-refractivity contribution >= 4 is 51.5 Å². The first-order chi connectivity index (χ1) is 12.0. The molecule has 1 aromatic heterocycles. The summed E-state index contributed by atoms with van der Waals surface area (Å²) in [5.41, 5.74) is 2.42. The predicted molar refractivity (Wildman–Crippen MR) is 104 cm³/mol. The largest absolute Gasteiger partial charge is 0.313 e. The molecular formula is C19H16Cl2N2OS. The number of amides is 1. The molecule has 128 valence electrons. The lowest BCUT2D eigenvalue weighted by Gasteiger charge is -2.17. The van der Waals surface area contributed by atoms with Crippen molar-refractivity contribution in [2.75, 3.05) is 5.32 Å². The highest BCUT2D eigenvalue weighted by molar-refractivity contribution is 7.16. The van der Waals surface area contributed by atoms with Gasteiger partial charge in [-0.3, -0.25) is 4.79 Å². The lowest BCUT2D eigenvalue weighted by atomic mass is 9.89. The monoisotopic (exact) mass is 390 g/mol. The molecule has 0 saturated heterocycles. The van der Waals surface area contributed by atoms with E-state index in [1.54, 1.807) is 24.3 Å². The molecule has 1 amide bonds. The maximum absolute atomic E-state index is 12.2. The molecule has 0 bridgehead atoms. The van der Waals surface area contributed by atoms with E-state index in [-0.39, 0.29) is 5.91 Å². The molecule has 0 saturated carbocycles. The van der Waals surface area contributed by atoms with Crippen LogP contribution < -0.4 is 5.32 Å². The van der Waals surface area contributed by atoms with Gasteiger partial charge in [0.1, 0.15) is 11.1 Å². The van der Waals surface area contributed by atoms with E-state index in [2.05, 4.69) is 18.3 Å². The number of thiophene rings is 1. The van der Waals surface area contributed by atoms with E-state index < -0.39 is 0 Å². The number of anilines is 1. The fourth-order valence-electron chi connectivity index (χ4n) is 2.91. The number of benzene rings is 1. The molecule has 1 unspecified atom stereocenters. The third kappa shape index (κ3) is 4.07. The molecule has 2 aromatic rings. The summed E-state index contributed by atoms with van der Waals surface area (Å²) in [6.07, 6.45) is 6.01. The topological polar surface area (TPSA) is 52.9 Å². The number of nitrogens with zero attached hydrogens (tertiary/aromatic N) is 1. The zero-order valence-corrected chi connectivity index (χ0v) is 15.9. The first-order valence-corrected chi connectivity index (χ1v) is 9.54. The minimum atomic E-state index is -0.283. The molecule has 1 aromatic carbocycles. The van der Waals surface area contributed by atoms with Gasteiger partial charge in [-0.1, -0.05) is 36.2 Å². The summed E-state index contributed by atoms with van der Waals surface area (Å²) in [7, 11) is 0. The summed E-state index contributed by atoms with van der Waals surface area (Å²) >= 11 is 13.5. The maximum Gasteiger partial charge on any atom is 0.249 e. The number of hydrogen-bond donors (Lipinski definition) is 1. The van der Waals surface area contributed by atoms with Crippen LogP contribution in [0.3, 0.4) is 0 Å². The van der Waals surface area contributed by atoms with Crippen LogP contribution in [-0.2, 0) is 17.6 Å². The van der Waals surface area contributed by atoms with Crippen molar-refractivity contribution in [2.24, 2.45) is 5.92 Å². The zero-order chi connectivity index (χ0) is 18.0. The Hall–Kier alpha value is -1.80. The van der Waals surface area contributed by atoms with Crippen LogP contribution in [0.2, 0.25) is 10.0 Å². The third-order valence-corrected chi connectivity index (χ3v) is 5.97. The van der Waals surface area contributed by atoms with Gasteiger partial charge in [-0.15, -0.1) is 11.3 Å². The van der Waals surface area contributed by atoms with E-state index in [9.17, 15) is 10.1 Å². The highest BCUT2D eigenvalue weighted by atomic mass is 35.5. The zero-order valence-electron chi connectivity index (χ0n) is 13.6. The summed E-state index contributed by atoms with van der Waals surface area (Å²) in [6, 6.07) is 7.34. The van der Waals surface area contributed by atoms with Crippen LogP contribution >= 0.6 is 34.5 Å². The fourth-order valence-corrected chi connectivity index (χ4v) is 4.75. The van der Waals surface area contributed by atoms with Crippen molar-refractivity contribution in [2.45, 2.75) is 26.2 Å². The minimum absolute atomic E-state index is 0.283. The van der Waals surface area contributed by atoms with Gasteiger partial charge in [-0.05, 0) is 54.5 Å².